The van der Waals surface area contributed by atoms with Crippen molar-refractivity contribution in [3.63, 3.8) is 0 Å². The normalized spacial score (nSPS) is 23.2. The van der Waals surface area contributed by atoms with E-state index < -0.39 is 33.2 Å². The van der Waals surface area contributed by atoms with Gasteiger partial charge in [-0.3, -0.25) is 0 Å². The summed E-state index contributed by atoms with van der Waals surface area (Å²) in [5, 5.41) is 8.91. The van der Waals surface area contributed by atoms with Crippen molar-refractivity contribution in [3.05, 3.63) is 29.3 Å². The molecule has 1 aromatic carbocycles. The van der Waals surface area contributed by atoms with Crippen molar-refractivity contribution in [1.82, 2.24) is 4.72 Å². The van der Waals surface area contributed by atoms with E-state index in [4.69, 9.17) is 5.11 Å². The first-order valence-electron chi connectivity index (χ1n) is 5.94. The maximum absolute atomic E-state index is 13.6. The molecule has 1 fully saturated rings. The van der Waals surface area contributed by atoms with Gasteiger partial charge in [-0.05, 0) is 36.5 Å². The van der Waals surface area contributed by atoms with Gasteiger partial charge in [0.25, 0.3) is 0 Å². The number of sulfonamides is 1. The fraction of sp³-hybridized carbons (Fsp3) is 0.500. The molecule has 0 atom stereocenters. The Morgan fingerprint density at radius 3 is 2.53 bits per heavy atom. The molecule has 1 aliphatic carbocycles. The lowest BCUT2D eigenvalue weighted by molar-refractivity contribution is 0.270. The fourth-order valence-corrected chi connectivity index (χ4v) is 3.58. The second-order valence-corrected chi connectivity index (χ2v) is 6.63. The SMILES string of the molecule is CC1CC(NS(=O)(=O)c2cc(CO)cc(F)c2F)C1. The molecule has 106 valence electrons. The molecule has 0 heterocycles. The lowest BCUT2D eigenvalue weighted by Crippen LogP contribution is -2.43. The molecule has 4 nitrogen and oxygen atoms in total. The lowest BCUT2D eigenvalue weighted by atomic mass is 9.83. The molecule has 2 rings (SSSR count). The third-order valence-corrected chi connectivity index (χ3v) is 4.74. The van der Waals surface area contributed by atoms with Crippen LogP contribution in [-0.2, 0) is 16.6 Å². The molecule has 0 aromatic heterocycles. The van der Waals surface area contributed by atoms with Gasteiger partial charge in [0, 0.05) is 6.04 Å². The Morgan fingerprint density at radius 1 is 1.37 bits per heavy atom. The molecule has 0 amide bonds. The Balaban J connectivity index is 2.31. The summed E-state index contributed by atoms with van der Waals surface area (Å²) < 4.78 is 53.2. The highest BCUT2D eigenvalue weighted by Crippen LogP contribution is 2.28. The predicted molar refractivity (Wildman–Crippen MR) is 64.8 cm³/mol. The smallest absolute Gasteiger partial charge is 0.243 e. The molecule has 0 aliphatic heterocycles. The molecule has 0 unspecified atom stereocenters. The minimum absolute atomic E-state index is 0.0150. The molecule has 0 spiro atoms. The van der Waals surface area contributed by atoms with E-state index in [0.29, 0.717) is 18.8 Å². The van der Waals surface area contributed by atoms with Crippen LogP contribution in [0.25, 0.3) is 0 Å². The van der Waals surface area contributed by atoms with Crippen molar-refractivity contribution in [2.75, 3.05) is 0 Å². The molecule has 0 radical (unpaired) electrons. The summed E-state index contributed by atoms with van der Waals surface area (Å²) in [6.07, 6.45) is 1.37. The van der Waals surface area contributed by atoms with Crippen LogP contribution in [-0.4, -0.2) is 19.6 Å². The summed E-state index contributed by atoms with van der Waals surface area (Å²) in [5.74, 6) is -2.27. The average Bonchev–Trinajstić information content (AvgIpc) is 2.30. The fourth-order valence-electron chi connectivity index (χ4n) is 2.19. The van der Waals surface area contributed by atoms with Crippen LogP contribution >= 0.6 is 0 Å². The van der Waals surface area contributed by atoms with Gasteiger partial charge < -0.3 is 5.11 Å². The first-order valence-corrected chi connectivity index (χ1v) is 7.43. The van der Waals surface area contributed by atoms with Crippen molar-refractivity contribution in [3.8, 4) is 0 Å². The maximum Gasteiger partial charge on any atom is 0.243 e. The summed E-state index contributed by atoms with van der Waals surface area (Å²) in [4.78, 5) is -0.754. The average molecular weight is 291 g/mol. The number of aliphatic hydroxyl groups excluding tert-OH is 1. The third kappa shape index (κ3) is 2.93. The van der Waals surface area contributed by atoms with Crippen molar-refractivity contribution in [1.29, 1.82) is 0 Å². The van der Waals surface area contributed by atoms with Gasteiger partial charge in [-0.1, -0.05) is 6.92 Å². The van der Waals surface area contributed by atoms with Gasteiger partial charge in [-0.15, -0.1) is 0 Å². The highest BCUT2D eigenvalue weighted by Gasteiger charge is 2.31. The topological polar surface area (TPSA) is 66.4 Å². The van der Waals surface area contributed by atoms with Crippen LogP contribution in [0.1, 0.15) is 25.3 Å². The molecule has 0 saturated heterocycles. The number of hydrogen-bond donors (Lipinski definition) is 2. The molecule has 2 N–H and O–H groups in total. The number of rotatable bonds is 4. The number of aliphatic hydroxyl groups is 1. The van der Waals surface area contributed by atoms with Gasteiger partial charge in [-0.2, -0.15) is 0 Å². The molecule has 1 saturated carbocycles. The summed E-state index contributed by atoms with van der Waals surface area (Å²) >= 11 is 0. The predicted octanol–water partition coefficient (Wildman–Crippen LogP) is 1.53. The maximum atomic E-state index is 13.6. The van der Waals surface area contributed by atoms with E-state index in [1.54, 1.807) is 0 Å². The van der Waals surface area contributed by atoms with Crippen LogP contribution in [0.15, 0.2) is 17.0 Å². The summed E-state index contributed by atoms with van der Waals surface area (Å²) in [6.45, 7) is 1.43. The van der Waals surface area contributed by atoms with E-state index in [1.807, 2.05) is 6.92 Å². The van der Waals surface area contributed by atoms with Crippen LogP contribution in [0, 0.1) is 17.6 Å². The Labute approximate surface area is 110 Å². The van der Waals surface area contributed by atoms with Crippen molar-refractivity contribution < 1.29 is 22.3 Å². The number of halogens is 2. The molecule has 1 aromatic rings. The van der Waals surface area contributed by atoms with Crippen LogP contribution in [0.3, 0.4) is 0 Å². The highest BCUT2D eigenvalue weighted by atomic mass is 32.2. The Bertz CT molecular complexity index is 583. The Morgan fingerprint density at radius 2 is 2.00 bits per heavy atom. The zero-order chi connectivity index (χ0) is 14.2. The lowest BCUT2D eigenvalue weighted by Gasteiger charge is -2.32. The highest BCUT2D eigenvalue weighted by molar-refractivity contribution is 7.89. The van der Waals surface area contributed by atoms with E-state index in [-0.39, 0.29) is 11.6 Å². The summed E-state index contributed by atoms with van der Waals surface area (Å²) in [6, 6.07) is 1.49. The minimum Gasteiger partial charge on any atom is -0.392 e. The van der Waals surface area contributed by atoms with Crippen LogP contribution in [0.4, 0.5) is 8.78 Å². The first kappa shape index (κ1) is 14.4. The third-order valence-electron chi connectivity index (χ3n) is 3.22. The molecule has 19 heavy (non-hydrogen) atoms. The van der Waals surface area contributed by atoms with Gasteiger partial charge in [0.2, 0.25) is 10.0 Å². The zero-order valence-electron chi connectivity index (χ0n) is 10.4. The largest absolute Gasteiger partial charge is 0.392 e. The van der Waals surface area contributed by atoms with E-state index >= 15 is 0 Å². The van der Waals surface area contributed by atoms with E-state index in [2.05, 4.69) is 4.72 Å². The van der Waals surface area contributed by atoms with Gasteiger partial charge >= 0.3 is 0 Å². The first-order chi connectivity index (χ1) is 8.83. The summed E-state index contributed by atoms with van der Waals surface area (Å²) in [5.41, 5.74) is 0.0150. The number of nitrogens with one attached hydrogen (secondary N) is 1. The molecule has 7 heteroatoms. The Kier molecular flexibility index (Phi) is 3.89. The summed E-state index contributed by atoms with van der Waals surface area (Å²) in [7, 11) is -4.11. The minimum atomic E-state index is -4.11. The molecule has 1 aliphatic rings. The molecular weight excluding hydrogens is 276 g/mol. The number of benzene rings is 1. The Hall–Kier alpha value is -1.05. The zero-order valence-corrected chi connectivity index (χ0v) is 11.2. The van der Waals surface area contributed by atoms with E-state index in [0.717, 1.165) is 12.1 Å². The number of hydrogen-bond acceptors (Lipinski definition) is 3. The van der Waals surface area contributed by atoms with Crippen LogP contribution < -0.4 is 4.72 Å². The van der Waals surface area contributed by atoms with Crippen LogP contribution in [0.5, 0.6) is 0 Å². The standard InChI is InChI=1S/C12H15F2NO3S/c1-7-2-9(3-7)15-19(17,18)11-5-8(6-16)4-10(13)12(11)14/h4-5,7,9,15-16H,2-3,6H2,1H3. The molecular formula is C12H15F2NO3S. The van der Waals surface area contributed by atoms with Crippen molar-refractivity contribution in [2.24, 2.45) is 5.92 Å². The van der Waals surface area contributed by atoms with Crippen molar-refractivity contribution in [2.45, 2.75) is 37.3 Å². The second kappa shape index (κ2) is 5.15. The van der Waals surface area contributed by atoms with Gasteiger partial charge in [-0.25, -0.2) is 21.9 Å². The van der Waals surface area contributed by atoms with Gasteiger partial charge in [0.1, 0.15) is 4.90 Å². The van der Waals surface area contributed by atoms with Gasteiger partial charge in [0.15, 0.2) is 11.6 Å². The van der Waals surface area contributed by atoms with E-state index in [9.17, 15) is 17.2 Å². The van der Waals surface area contributed by atoms with Crippen LogP contribution in [0.2, 0.25) is 0 Å². The quantitative estimate of drug-likeness (QED) is 0.884. The van der Waals surface area contributed by atoms with Crippen molar-refractivity contribution >= 4 is 10.0 Å². The second-order valence-electron chi connectivity index (χ2n) is 4.94. The molecule has 0 bridgehead atoms. The monoisotopic (exact) mass is 291 g/mol. The van der Waals surface area contributed by atoms with E-state index in [1.165, 1.54) is 0 Å². The van der Waals surface area contributed by atoms with Gasteiger partial charge in [0.05, 0.1) is 6.61 Å².